The summed E-state index contributed by atoms with van der Waals surface area (Å²) in [5, 5.41) is 0. The zero-order valence-corrected chi connectivity index (χ0v) is 19.1. The van der Waals surface area contributed by atoms with E-state index in [4.69, 9.17) is 19.0 Å². The first kappa shape index (κ1) is 27.0. The number of phosphoric ester groups is 1. The maximum Gasteiger partial charge on any atom is 0.470 e. The molecule has 0 heterocycles. The van der Waals surface area contributed by atoms with Crippen LogP contribution in [0.2, 0.25) is 0 Å². The van der Waals surface area contributed by atoms with Gasteiger partial charge in [-0.3, -0.25) is 4.52 Å². The van der Waals surface area contributed by atoms with Crippen LogP contribution in [0.25, 0.3) is 0 Å². The Morgan fingerprint density at radius 1 is 0.815 bits per heavy atom. The van der Waals surface area contributed by atoms with Gasteiger partial charge in [0.1, 0.15) is 12.6 Å². The molecule has 1 atom stereocenters. The lowest BCUT2D eigenvalue weighted by Gasteiger charge is -2.29. The minimum absolute atomic E-state index is 0.452. The number of rotatable bonds is 19. The molecule has 0 aliphatic heterocycles. The monoisotopic (exact) mass is 410 g/mol. The molecule has 6 nitrogen and oxygen atoms in total. The van der Waals surface area contributed by atoms with Crippen molar-refractivity contribution in [1.82, 2.24) is 0 Å². The van der Waals surface area contributed by atoms with E-state index in [0.717, 1.165) is 19.4 Å². The summed E-state index contributed by atoms with van der Waals surface area (Å²) in [6.45, 7) is 4.21. The molecule has 0 spiro atoms. The summed E-state index contributed by atoms with van der Waals surface area (Å²) < 4.78 is 22.3. The molecule has 0 bridgehead atoms. The molecule has 164 valence electrons. The van der Waals surface area contributed by atoms with E-state index in [9.17, 15) is 4.57 Å². The van der Waals surface area contributed by atoms with Gasteiger partial charge in [-0.05, 0) is 19.3 Å². The van der Waals surface area contributed by atoms with Gasteiger partial charge in [0.15, 0.2) is 0 Å². The lowest BCUT2D eigenvalue weighted by atomic mass is 10.1. The molecule has 0 aliphatic carbocycles. The van der Waals surface area contributed by atoms with Crippen molar-refractivity contribution in [1.29, 1.82) is 0 Å². The smallest absolute Gasteiger partial charge is 0.381 e. The SMILES string of the molecule is CCCCCCCCCCCCOCCCC(C[N+](C)(C)C)OP(=O)(O)O. The van der Waals surface area contributed by atoms with Gasteiger partial charge in [-0.2, -0.15) is 0 Å². The number of quaternary nitrogens is 1. The Balaban J connectivity index is 3.58. The molecular weight excluding hydrogens is 365 g/mol. The molecule has 0 aromatic carbocycles. The highest BCUT2D eigenvalue weighted by Gasteiger charge is 2.26. The standard InChI is InChI=1S/C20H44NO5P/c1-5-6-7-8-9-10-11-12-13-14-17-25-18-15-16-20(19-21(2,3)4)26-27(22,23)24/h20H,5-19H2,1-4H3,(H-,22,23,24)/p+1. The van der Waals surface area contributed by atoms with Crippen molar-refractivity contribution in [3.8, 4) is 0 Å². The second kappa shape index (κ2) is 15.9. The van der Waals surface area contributed by atoms with E-state index in [2.05, 4.69) is 6.92 Å². The molecule has 2 N–H and O–H groups in total. The van der Waals surface area contributed by atoms with E-state index in [1.165, 1.54) is 57.8 Å². The van der Waals surface area contributed by atoms with Crippen molar-refractivity contribution in [2.75, 3.05) is 40.9 Å². The van der Waals surface area contributed by atoms with Crippen molar-refractivity contribution in [2.24, 2.45) is 0 Å². The summed E-state index contributed by atoms with van der Waals surface area (Å²) in [4.78, 5) is 18.1. The zero-order valence-electron chi connectivity index (χ0n) is 18.2. The van der Waals surface area contributed by atoms with Crippen molar-refractivity contribution >= 4 is 7.82 Å². The molecule has 1 unspecified atom stereocenters. The van der Waals surface area contributed by atoms with Crippen molar-refractivity contribution in [3.05, 3.63) is 0 Å². The minimum Gasteiger partial charge on any atom is -0.381 e. The molecule has 0 aliphatic rings. The predicted molar refractivity (Wildman–Crippen MR) is 112 cm³/mol. The number of hydrogen-bond acceptors (Lipinski definition) is 3. The van der Waals surface area contributed by atoms with Crippen LogP contribution in [0.1, 0.15) is 84.0 Å². The van der Waals surface area contributed by atoms with Gasteiger partial charge in [0.25, 0.3) is 0 Å². The van der Waals surface area contributed by atoms with Crippen LogP contribution < -0.4 is 0 Å². The van der Waals surface area contributed by atoms with Crippen LogP contribution in [-0.4, -0.2) is 61.3 Å². The summed E-state index contributed by atoms with van der Waals surface area (Å²) in [6, 6.07) is 0. The van der Waals surface area contributed by atoms with E-state index >= 15 is 0 Å². The van der Waals surface area contributed by atoms with Crippen LogP contribution in [0.15, 0.2) is 0 Å². The van der Waals surface area contributed by atoms with Crippen LogP contribution in [0.5, 0.6) is 0 Å². The molecule has 7 heteroatoms. The number of unbranched alkanes of at least 4 members (excludes halogenated alkanes) is 9. The third-order valence-corrected chi connectivity index (χ3v) is 5.07. The van der Waals surface area contributed by atoms with E-state index < -0.39 is 13.9 Å². The summed E-state index contributed by atoms with van der Waals surface area (Å²) in [6.07, 6.45) is 14.0. The summed E-state index contributed by atoms with van der Waals surface area (Å²) in [5.74, 6) is 0. The van der Waals surface area contributed by atoms with E-state index in [0.29, 0.717) is 24.1 Å². The largest absolute Gasteiger partial charge is 0.470 e. The Morgan fingerprint density at radius 2 is 1.30 bits per heavy atom. The number of likely N-dealkylation sites (N-methyl/N-ethyl adjacent to an activating group) is 1. The number of phosphoric acid groups is 1. The molecule has 0 radical (unpaired) electrons. The number of nitrogens with zero attached hydrogens (tertiary/aromatic N) is 1. The normalized spacial score (nSPS) is 13.9. The third kappa shape index (κ3) is 22.2. The topological polar surface area (TPSA) is 76.0 Å². The maximum atomic E-state index is 11.1. The van der Waals surface area contributed by atoms with Crippen LogP contribution in [0.3, 0.4) is 0 Å². The Hall–Kier alpha value is 0.0300. The Morgan fingerprint density at radius 3 is 1.78 bits per heavy atom. The Labute approximate surface area is 167 Å². The molecule has 0 saturated carbocycles. The maximum absolute atomic E-state index is 11.1. The van der Waals surface area contributed by atoms with Crippen LogP contribution >= 0.6 is 7.82 Å². The zero-order chi connectivity index (χ0) is 20.6. The third-order valence-electron chi connectivity index (χ3n) is 4.49. The molecule has 0 rings (SSSR count). The fourth-order valence-electron chi connectivity index (χ4n) is 3.19. The molecule has 0 amide bonds. The van der Waals surface area contributed by atoms with E-state index in [-0.39, 0.29) is 0 Å². The minimum atomic E-state index is -4.45. The van der Waals surface area contributed by atoms with Crippen LogP contribution in [0.4, 0.5) is 0 Å². The highest BCUT2D eigenvalue weighted by atomic mass is 31.2. The summed E-state index contributed by atoms with van der Waals surface area (Å²) >= 11 is 0. The Kier molecular flexibility index (Phi) is 15.9. The molecular formula is C20H45NO5P+. The second-order valence-electron chi connectivity index (χ2n) is 8.63. The number of ether oxygens (including phenoxy) is 1. The first-order chi connectivity index (χ1) is 12.6. The van der Waals surface area contributed by atoms with E-state index in [1.54, 1.807) is 0 Å². The first-order valence-corrected chi connectivity index (χ1v) is 12.3. The summed E-state index contributed by atoms with van der Waals surface area (Å²) in [5.41, 5.74) is 0. The number of hydrogen-bond donors (Lipinski definition) is 2. The fraction of sp³-hybridized carbons (Fsp3) is 1.00. The van der Waals surface area contributed by atoms with Gasteiger partial charge in [-0.25, -0.2) is 4.57 Å². The predicted octanol–water partition coefficient (Wildman–Crippen LogP) is 4.89. The highest BCUT2D eigenvalue weighted by molar-refractivity contribution is 7.46. The summed E-state index contributed by atoms with van der Waals surface area (Å²) in [7, 11) is 1.50. The van der Waals surface area contributed by atoms with E-state index in [1.807, 2.05) is 21.1 Å². The Bertz CT molecular complexity index is 381. The molecule has 0 aromatic rings. The highest BCUT2D eigenvalue weighted by Crippen LogP contribution is 2.38. The van der Waals surface area contributed by atoms with Gasteiger partial charge >= 0.3 is 7.82 Å². The molecule has 0 saturated heterocycles. The lowest BCUT2D eigenvalue weighted by molar-refractivity contribution is -0.873. The quantitative estimate of drug-likeness (QED) is 0.180. The average Bonchev–Trinajstić information content (AvgIpc) is 2.52. The first-order valence-electron chi connectivity index (χ1n) is 10.8. The molecule has 0 aromatic heterocycles. The van der Waals surface area contributed by atoms with Gasteiger partial charge in [-0.15, -0.1) is 0 Å². The van der Waals surface area contributed by atoms with Crippen molar-refractivity contribution < 1.29 is 28.1 Å². The second-order valence-corrected chi connectivity index (χ2v) is 9.82. The van der Waals surface area contributed by atoms with Gasteiger partial charge < -0.3 is 19.0 Å². The molecule has 0 fully saturated rings. The molecule has 27 heavy (non-hydrogen) atoms. The van der Waals surface area contributed by atoms with Gasteiger partial charge in [-0.1, -0.05) is 64.7 Å². The van der Waals surface area contributed by atoms with Crippen LogP contribution in [-0.2, 0) is 13.8 Å². The van der Waals surface area contributed by atoms with Crippen LogP contribution in [0, 0.1) is 0 Å². The lowest BCUT2D eigenvalue weighted by Crippen LogP contribution is -2.42. The van der Waals surface area contributed by atoms with Gasteiger partial charge in [0, 0.05) is 13.2 Å². The fourth-order valence-corrected chi connectivity index (χ4v) is 3.75. The van der Waals surface area contributed by atoms with Crippen molar-refractivity contribution in [3.63, 3.8) is 0 Å². The van der Waals surface area contributed by atoms with Crippen molar-refractivity contribution in [2.45, 2.75) is 90.1 Å². The average molecular weight is 411 g/mol. The van der Waals surface area contributed by atoms with Gasteiger partial charge in [0.2, 0.25) is 0 Å². The van der Waals surface area contributed by atoms with Gasteiger partial charge in [0.05, 0.1) is 21.1 Å².